The summed E-state index contributed by atoms with van der Waals surface area (Å²) in [5, 5.41) is 9.07. The van der Waals surface area contributed by atoms with Crippen LogP contribution in [0.25, 0.3) is 11.6 Å². The van der Waals surface area contributed by atoms with Crippen LogP contribution in [0, 0.1) is 5.41 Å². The van der Waals surface area contributed by atoms with Gasteiger partial charge in [0.25, 0.3) is 0 Å². The van der Waals surface area contributed by atoms with Gasteiger partial charge < -0.3 is 0 Å². The molecule has 2 aromatic rings. The first kappa shape index (κ1) is 9.83. The number of hydrogen-bond acceptors (Lipinski definition) is 1. The molecule has 1 nitrogen and oxygen atoms in total. The normalized spacial score (nSPS) is 12.4. The Kier molecular flexibility index (Phi) is 2.25. The van der Waals surface area contributed by atoms with Crippen LogP contribution < -0.4 is 10.4 Å². The molecule has 80 valence electrons. The number of rotatable bonds is 0. The summed E-state index contributed by atoms with van der Waals surface area (Å²) >= 11 is 0. The molecular weight excluding hydrogens is 206 g/mol. The van der Waals surface area contributed by atoms with Gasteiger partial charge in [0, 0.05) is 5.22 Å². The van der Waals surface area contributed by atoms with Crippen molar-refractivity contribution in [2.24, 2.45) is 0 Å². The molecule has 0 unspecified atom stereocenters. The van der Waals surface area contributed by atoms with E-state index in [0.29, 0.717) is 0 Å². The van der Waals surface area contributed by atoms with Crippen molar-refractivity contribution in [1.29, 1.82) is 5.41 Å². The Bertz CT molecular complexity index is 724. The Morgan fingerprint density at radius 1 is 0.824 bits per heavy atom. The predicted octanol–water partition coefficient (Wildman–Crippen LogP) is 1.83. The van der Waals surface area contributed by atoms with Crippen LogP contribution in [0.5, 0.6) is 0 Å². The van der Waals surface area contributed by atoms with Crippen molar-refractivity contribution in [2.45, 2.75) is 0 Å². The van der Waals surface area contributed by atoms with Gasteiger partial charge in [-0.1, -0.05) is 48.6 Å². The van der Waals surface area contributed by atoms with Crippen LogP contribution in [0.4, 0.5) is 0 Å². The molecule has 0 radical (unpaired) electrons. The lowest BCUT2D eigenvalue weighted by molar-refractivity contribution is 1.50. The van der Waals surface area contributed by atoms with Crippen molar-refractivity contribution in [3.8, 4) is 0 Å². The van der Waals surface area contributed by atoms with Crippen LogP contribution in [-0.2, 0) is 0 Å². The summed E-state index contributed by atoms with van der Waals surface area (Å²) in [6, 6.07) is 16.3. The van der Waals surface area contributed by atoms with E-state index in [9.17, 15) is 0 Å². The van der Waals surface area contributed by atoms with E-state index in [2.05, 4.69) is 42.3 Å². The second-order valence-electron chi connectivity index (χ2n) is 4.04. The van der Waals surface area contributed by atoms with Gasteiger partial charge in [0.05, 0.1) is 0 Å². The summed E-state index contributed by atoms with van der Waals surface area (Å²) in [6.07, 6.45) is 4.29. The minimum atomic E-state index is 0.810. The second kappa shape index (κ2) is 3.89. The van der Waals surface area contributed by atoms with Crippen molar-refractivity contribution in [3.63, 3.8) is 0 Å². The summed E-state index contributed by atoms with van der Waals surface area (Å²) in [5.74, 6) is 2.39. The molecule has 0 aromatic heterocycles. The fourth-order valence-electron chi connectivity index (χ4n) is 2.14. The van der Waals surface area contributed by atoms with Gasteiger partial charge in [-0.2, -0.15) is 0 Å². The van der Waals surface area contributed by atoms with Crippen LogP contribution in [-0.4, -0.2) is 5.87 Å². The lowest BCUT2D eigenvalue weighted by Crippen LogP contribution is -2.10. The van der Waals surface area contributed by atoms with E-state index in [1.807, 2.05) is 24.3 Å². The molecule has 17 heavy (non-hydrogen) atoms. The zero-order chi connectivity index (χ0) is 11.7. The van der Waals surface area contributed by atoms with Crippen LogP contribution >= 0.6 is 0 Å². The van der Waals surface area contributed by atoms with Crippen molar-refractivity contribution in [3.05, 3.63) is 76.2 Å². The predicted molar refractivity (Wildman–Crippen MR) is 70.5 cm³/mol. The van der Waals surface area contributed by atoms with Gasteiger partial charge in [-0.05, 0) is 39.9 Å². The number of benzene rings is 2. The Morgan fingerprint density at radius 2 is 1.59 bits per heavy atom. The molecule has 0 heterocycles. The van der Waals surface area contributed by atoms with E-state index >= 15 is 0 Å². The number of nitrogens with one attached hydrogen (secondary N) is 1. The van der Waals surface area contributed by atoms with Crippen molar-refractivity contribution in [2.75, 3.05) is 0 Å². The summed E-state index contributed by atoms with van der Waals surface area (Å²) in [6.45, 7) is 0. The van der Waals surface area contributed by atoms with E-state index < -0.39 is 0 Å². The number of fused-ring (bicyclic) bond motifs is 1. The van der Waals surface area contributed by atoms with Crippen LogP contribution in [0.3, 0.4) is 0 Å². The SMILES string of the molecule is N=C=c1ccc(=C2C=Cc3ccccc32)cc1. The summed E-state index contributed by atoms with van der Waals surface area (Å²) < 4.78 is 0. The molecule has 1 N–H and O–H groups in total. The van der Waals surface area contributed by atoms with E-state index in [4.69, 9.17) is 5.41 Å². The first-order chi connectivity index (χ1) is 8.38. The highest BCUT2D eigenvalue weighted by Gasteiger charge is 2.09. The third-order valence-electron chi connectivity index (χ3n) is 3.02. The topological polar surface area (TPSA) is 23.9 Å². The minimum absolute atomic E-state index is 0.810. The zero-order valence-corrected chi connectivity index (χ0v) is 9.27. The lowest BCUT2D eigenvalue weighted by atomic mass is 10.0. The van der Waals surface area contributed by atoms with Crippen LogP contribution in [0.1, 0.15) is 11.1 Å². The van der Waals surface area contributed by atoms with Gasteiger partial charge in [0.2, 0.25) is 0 Å². The summed E-state index contributed by atoms with van der Waals surface area (Å²) in [7, 11) is 0. The van der Waals surface area contributed by atoms with Gasteiger partial charge in [-0.25, -0.2) is 0 Å². The number of hydrogen-bond donors (Lipinski definition) is 1. The number of allylic oxidation sites excluding steroid dienone is 1. The highest BCUT2D eigenvalue weighted by Crippen LogP contribution is 2.26. The molecule has 0 aliphatic heterocycles. The van der Waals surface area contributed by atoms with Crippen LogP contribution in [0.2, 0.25) is 0 Å². The van der Waals surface area contributed by atoms with E-state index in [0.717, 1.165) is 5.22 Å². The molecule has 0 amide bonds. The quantitative estimate of drug-likeness (QED) is 0.651. The Hall–Kier alpha value is -2.37. The van der Waals surface area contributed by atoms with Crippen molar-refractivity contribution >= 4 is 17.5 Å². The molecular formula is C16H11N. The average molecular weight is 217 g/mol. The van der Waals surface area contributed by atoms with Gasteiger partial charge >= 0.3 is 0 Å². The monoisotopic (exact) mass is 217 g/mol. The maximum Gasteiger partial charge on any atom is 0.0354 e. The van der Waals surface area contributed by atoms with Gasteiger partial charge in [-0.3, -0.25) is 5.41 Å². The molecule has 2 aromatic carbocycles. The Morgan fingerprint density at radius 3 is 2.35 bits per heavy atom. The lowest BCUT2D eigenvalue weighted by Gasteiger charge is -2.00. The smallest absolute Gasteiger partial charge is 0.0354 e. The molecule has 0 atom stereocenters. The van der Waals surface area contributed by atoms with E-state index in [1.165, 1.54) is 21.9 Å². The third kappa shape index (κ3) is 1.63. The maximum atomic E-state index is 7.07. The third-order valence-corrected chi connectivity index (χ3v) is 3.02. The van der Waals surface area contributed by atoms with Gasteiger partial charge in [0.1, 0.15) is 0 Å². The standard InChI is InChI=1S/C16H11N/c17-11-12-5-7-14(8-6-12)16-10-9-13-3-1-2-4-15(13)16/h1-10,17H. The van der Waals surface area contributed by atoms with Crippen molar-refractivity contribution < 1.29 is 0 Å². The molecule has 0 fully saturated rings. The highest BCUT2D eigenvalue weighted by molar-refractivity contribution is 5.89. The summed E-state index contributed by atoms with van der Waals surface area (Å²) in [4.78, 5) is 0. The fraction of sp³-hybridized carbons (Fsp3) is 0. The highest BCUT2D eigenvalue weighted by atomic mass is 14.3. The Balaban J connectivity index is 2.30. The molecule has 1 aliphatic rings. The van der Waals surface area contributed by atoms with Gasteiger partial charge in [-0.15, -0.1) is 0 Å². The van der Waals surface area contributed by atoms with Gasteiger partial charge in [0.15, 0.2) is 0 Å². The minimum Gasteiger partial charge on any atom is -0.258 e. The first-order valence-corrected chi connectivity index (χ1v) is 5.56. The average Bonchev–Trinajstić information content (AvgIpc) is 2.83. The van der Waals surface area contributed by atoms with Crippen molar-refractivity contribution in [1.82, 2.24) is 0 Å². The molecule has 1 heteroatoms. The zero-order valence-electron chi connectivity index (χ0n) is 9.27. The largest absolute Gasteiger partial charge is 0.258 e. The molecule has 0 saturated heterocycles. The molecule has 3 rings (SSSR count). The first-order valence-electron chi connectivity index (χ1n) is 5.56. The summed E-state index contributed by atoms with van der Waals surface area (Å²) in [5.41, 5.74) is 3.79. The fourth-order valence-corrected chi connectivity index (χ4v) is 2.14. The molecule has 0 spiro atoms. The molecule has 0 saturated carbocycles. The molecule has 1 aliphatic carbocycles. The van der Waals surface area contributed by atoms with E-state index in [-0.39, 0.29) is 0 Å². The maximum absolute atomic E-state index is 7.07. The Labute approximate surface area is 99.6 Å². The second-order valence-corrected chi connectivity index (χ2v) is 4.04. The van der Waals surface area contributed by atoms with E-state index in [1.54, 1.807) is 0 Å². The molecule has 0 bridgehead atoms. The van der Waals surface area contributed by atoms with Crippen LogP contribution in [0.15, 0.2) is 54.6 Å².